The van der Waals surface area contributed by atoms with Crippen molar-refractivity contribution in [1.29, 1.82) is 0 Å². The number of aliphatic hydroxyl groups is 2. The molecule has 4 aliphatic rings. The summed E-state index contributed by atoms with van der Waals surface area (Å²) in [6, 6.07) is 27.4. The number of rotatable bonds is 21. The van der Waals surface area contributed by atoms with Gasteiger partial charge in [0, 0.05) is 43.2 Å². The average molecular weight is 887 g/mol. The maximum Gasteiger partial charge on any atom is 0.410 e. The van der Waals surface area contributed by atoms with E-state index in [-0.39, 0.29) is 70.5 Å². The van der Waals surface area contributed by atoms with Crippen LogP contribution in [0.25, 0.3) is 0 Å². The van der Waals surface area contributed by atoms with Gasteiger partial charge < -0.3 is 43.5 Å². The van der Waals surface area contributed by atoms with Crippen LogP contribution in [0.3, 0.4) is 0 Å². The number of ether oxygens (including phenoxy) is 6. The molecule has 1 amide bonds. The van der Waals surface area contributed by atoms with Gasteiger partial charge >= 0.3 is 6.09 Å². The van der Waals surface area contributed by atoms with Crippen LogP contribution < -0.4 is 18.9 Å². The molecule has 0 unspecified atom stereocenters. The SMILES string of the molecule is C=CCO[C@@]12Oc3ccc(Oc4cccc(C=O)c4)cc3[C@H]3[C@H](CCCCO)[C@@H](CCCCO)C=C(C(=NOCc4ccccc4)C[C@@H]1N(Cc1ccc4c(c1)OCO4)C(=O)OCC)[C@H]32. The van der Waals surface area contributed by atoms with Crippen LogP contribution >= 0.6 is 0 Å². The van der Waals surface area contributed by atoms with E-state index >= 15 is 0 Å². The molecule has 0 aromatic heterocycles. The number of benzene rings is 4. The molecule has 0 saturated heterocycles. The summed E-state index contributed by atoms with van der Waals surface area (Å²) in [5.41, 5.74) is 4.68. The minimum atomic E-state index is -1.51. The zero-order valence-corrected chi connectivity index (χ0v) is 36.8. The Balaban J connectivity index is 1.33. The van der Waals surface area contributed by atoms with Gasteiger partial charge in [-0.25, -0.2) is 4.79 Å². The fraction of sp³-hybridized carbons (Fsp3) is 0.404. The van der Waals surface area contributed by atoms with Gasteiger partial charge in [0.15, 0.2) is 11.5 Å². The van der Waals surface area contributed by atoms with Crippen molar-refractivity contribution < 1.29 is 53.1 Å². The topological polar surface area (TPSA) is 155 Å². The summed E-state index contributed by atoms with van der Waals surface area (Å²) >= 11 is 0. The number of aldehydes is 1. The maximum absolute atomic E-state index is 14.6. The molecule has 0 spiro atoms. The molecule has 65 heavy (non-hydrogen) atoms. The lowest BCUT2D eigenvalue weighted by Crippen LogP contribution is -2.70. The highest BCUT2D eigenvalue weighted by atomic mass is 16.7. The van der Waals surface area contributed by atoms with Crippen LogP contribution in [0.5, 0.6) is 28.7 Å². The summed E-state index contributed by atoms with van der Waals surface area (Å²) < 4.78 is 38.2. The summed E-state index contributed by atoms with van der Waals surface area (Å²) in [4.78, 5) is 34.3. The lowest BCUT2D eigenvalue weighted by molar-refractivity contribution is -0.256. The van der Waals surface area contributed by atoms with Crippen LogP contribution in [-0.2, 0) is 27.5 Å². The summed E-state index contributed by atoms with van der Waals surface area (Å²) in [5.74, 6) is 0.514. The number of carbonyl (C=O) groups is 2. The molecule has 13 heteroatoms. The minimum Gasteiger partial charge on any atom is -0.459 e. The predicted octanol–water partition coefficient (Wildman–Crippen LogP) is 9.51. The molecular formula is C52H58N2O11. The molecule has 2 heterocycles. The van der Waals surface area contributed by atoms with E-state index in [1.807, 2.05) is 72.8 Å². The normalized spacial score (nSPS) is 23.0. The molecule has 2 aliphatic carbocycles. The number of hydrogen-bond donors (Lipinski definition) is 2. The van der Waals surface area contributed by atoms with Gasteiger partial charge in [-0.15, -0.1) is 6.58 Å². The molecule has 13 nitrogen and oxygen atoms in total. The van der Waals surface area contributed by atoms with Gasteiger partial charge in [0.05, 0.1) is 24.8 Å². The lowest BCUT2D eigenvalue weighted by Gasteiger charge is -2.59. The molecule has 4 aromatic carbocycles. The maximum atomic E-state index is 14.6. The van der Waals surface area contributed by atoms with Crippen molar-refractivity contribution >= 4 is 18.1 Å². The number of amides is 1. The molecule has 8 rings (SSSR count). The van der Waals surface area contributed by atoms with Gasteiger partial charge in [-0.1, -0.05) is 78.7 Å². The minimum absolute atomic E-state index is 0.00729. The van der Waals surface area contributed by atoms with Gasteiger partial charge in [-0.2, -0.15) is 0 Å². The molecule has 0 bridgehead atoms. The Bertz CT molecular complexity index is 2350. The highest BCUT2D eigenvalue weighted by Crippen LogP contribution is 2.62. The highest BCUT2D eigenvalue weighted by molar-refractivity contribution is 6.03. The number of fused-ring (bicyclic) bond motifs is 3. The monoisotopic (exact) mass is 886 g/mol. The van der Waals surface area contributed by atoms with Gasteiger partial charge in [-0.05, 0) is 104 Å². The van der Waals surface area contributed by atoms with E-state index in [4.69, 9.17) is 38.4 Å². The number of allylic oxidation sites excluding steroid dienone is 1. The second-order valence-electron chi connectivity index (χ2n) is 16.8. The standard InChI is InChI=1S/C52H58N2O11/c1-3-25-62-52-48(54(51(58)59-4-2)31-36-19-21-46-47(27-36)61-34-60-46)30-44(53-63-33-35-13-6-5-7-14-35)42-28-38(16-8-10-23-55)41(18-9-11-24-56)49(50(42)52)43-29-40(20-22-45(43)65-52)64-39-17-12-15-37(26-39)32-57/h3,5-7,12-15,17,19-22,26-29,32,38,41,48-50,55-56H,1,4,8-11,16,18,23-25,30-31,33-34H2,2H3/t38-,41+,48-,49+,50+,52+/m0/s1. The number of hydrogen-bond acceptors (Lipinski definition) is 12. The van der Waals surface area contributed by atoms with Crippen LogP contribution in [0.1, 0.15) is 84.8 Å². The smallest absolute Gasteiger partial charge is 0.410 e. The Morgan fingerprint density at radius 1 is 0.892 bits per heavy atom. The Labute approximate surface area is 380 Å². The van der Waals surface area contributed by atoms with Gasteiger partial charge in [0.1, 0.15) is 36.2 Å². The quantitative estimate of drug-likeness (QED) is 0.0356. The van der Waals surface area contributed by atoms with Crippen molar-refractivity contribution in [3.63, 3.8) is 0 Å². The number of nitrogens with zero attached hydrogens (tertiary/aromatic N) is 2. The Hall–Kier alpha value is -6.15. The number of oxime groups is 1. The van der Waals surface area contributed by atoms with Crippen molar-refractivity contribution in [2.24, 2.45) is 22.9 Å². The van der Waals surface area contributed by atoms with Crippen molar-refractivity contribution in [2.45, 2.75) is 82.8 Å². The Kier molecular flexibility index (Phi) is 14.8. The number of carbonyl (C=O) groups excluding carboxylic acids is 2. The third-order valence-electron chi connectivity index (χ3n) is 12.8. The predicted molar refractivity (Wildman–Crippen MR) is 243 cm³/mol. The summed E-state index contributed by atoms with van der Waals surface area (Å²) in [7, 11) is 0. The molecule has 1 saturated carbocycles. The van der Waals surface area contributed by atoms with E-state index in [0.717, 1.165) is 54.2 Å². The van der Waals surface area contributed by atoms with Crippen LogP contribution in [0.2, 0.25) is 0 Å². The number of unbranched alkanes of at least 4 members (excludes halogenated alkanes) is 2. The molecule has 342 valence electrons. The van der Waals surface area contributed by atoms with Crippen molar-refractivity contribution in [1.82, 2.24) is 4.90 Å². The van der Waals surface area contributed by atoms with Crippen LogP contribution in [0.4, 0.5) is 4.79 Å². The highest BCUT2D eigenvalue weighted by Gasteiger charge is 2.65. The van der Waals surface area contributed by atoms with Crippen molar-refractivity contribution in [2.75, 3.05) is 33.2 Å². The Morgan fingerprint density at radius 2 is 1.68 bits per heavy atom. The third kappa shape index (κ3) is 9.92. The molecule has 4 aromatic rings. The third-order valence-corrected chi connectivity index (χ3v) is 12.8. The molecule has 2 N–H and O–H groups in total. The second-order valence-corrected chi connectivity index (χ2v) is 16.8. The van der Waals surface area contributed by atoms with Crippen LogP contribution in [-0.4, -0.2) is 78.3 Å². The average Bonchev–Trinajstić information content (AvgIpc) is 3.80. The van der Waals surface area contributed by atoms with E-state index in [2.05, 4.69) is 12.7 Å². The van der Waals surface area contributed by atoms with Crippen LogP contribution in [0.15, 0.2) is 120 Å². The van der Waals surface area contributed by atoms with Gasteiger partial charge in [-0.3, -0.25) is 9.69 Å². The molecule has 0 radical (unpaired) electrons. The molecular weight excluding hydrogens is 829 g/mol. The van der Waals surface area contributed by atoms with E-state index in [0.29, 0.717) is 52.9 Å². The van der Waals surface area contributed by atoms with E-state index in [1.165, 1.54) is 0 Å². The first kappa shape index (κ1) is 45.4. The summed E-state index contributed by atoms with van der Waals surface area (Å²) in [6.07, 6.45) is 8.80. The first-order valence-electron chi connectivity index (χ1n) is 22.7. The fourth-order valence-corrected chi connectivity index (χ4v) is 10.0. The van der Waals surface area contributed by atoms with Crippen LogP contribution in [0, 0.1) is 17.8 Å². The number of aliphatic hydroxyl groups excluding tert-OH is 2. The zero-order chi connectivity index (χ0) is 45.2. The van der Waals surface area contributed by atoms with E-state index in [1.54, 1.807) is 36.1 Å². The molecule has 1 fully saturated rings. The molecule has 2 aliphatic heterocycles. The van der Waals surface area contributed by atoms with Gasteiger partial charge in [0.2, 0.25) is 12.6 Å². The summed E-state index contributed by atoms with van der Waals surface area (Å²) in [6.45, 7) is 6.64. The summed E-state index contributed by atoms with van der Waals surface area (Å²) in [5, 5.41) is 24.9. The van der Waals surface area contributed by atoms with E-state index in [9.17, 15) is 19.8 Å². The van der Waals surface area contributed by atoms with Crippen molar-refractivity contribution in [3.05, 3.63) is 138 Å². The zero-order valence-electron chi connectivity index (χ0n) is 36.8. The van der Waals surface area contributed by atoms with Gasteiger partial charge in [0.25, 0.3) is 0 Å². The molecule has 6 atom stereocenters. The fourth-order valence-electron chi connectivity index (χ4n) is 10.0. The largest absolute Gasteiger partial charge is 0.459 e. The van der Waals surface area contributed by atoms with Crippen molar-refractivity contribution in [3.8, 4) is 28.7 Å². The lowest BCUT2D eigenvalue weighted by atomic mass is 9.55. The Morgan fingerprint density at radius 3 is 2.46 bits per heavy atom. The first-order chi connectivity index (χ1) is 31.9. The second kappa shape index (κ2) is 21.2. The first-order valence-corrected chi connectivity index (χ1v) is 22.7. The van der Waals surface area contributed by atoms with E-state index < -0.39 is 23.8 Å².